The van der Waals surface area contributed by atoms with Crippen LogP contribution in [0.5, 0.6) is 0 Å². The molecule has 0 atom stereocenters. The van der Waals surface area contributed by atoms with Crippen molar-refractivity contribution in [3.05, 3.63) is 77.4 Å². The molecule has 1 aromatic heterocycles. The number of hydrogen-bond donors (Lipinski definition) is 1. The Labute approximate surface area is 152 Å². The maximum Gasteiger partial charge on any atom is 0.254 e. The minimum Gasteiger partial charge on any atom is -0.444 e. The molecule has 1 N–H and O–H groups in total. The van der Waals surface area contributed by atoms with Crippen LogP contribution in [0.3, 0.4) is 0 Å². The summed E-state index contributed by atoms with van der Waals surface area (Å²) in [5.74, 6) is -0.431. The van der Waals surface area contributed by atoms with Gasteiger partial charge in [0.05, 0.1) is 11.3 Å². The molecule has 0 fully saturated rings. The lowest BCUT2D eigenvalue weighted by atomic mass is 9.90. The van der Waals surface area contributed by atoms with E-state index >= 15 is 0 Å². The second-order valence-corrected chi connectivity index (χ2v) is 6.95. The van der Waals surface area contributed by atoms with Crippen LogP contribution in [-0.4, -0.2) is 17.4 Å². The molecule has 4 nitrogen and oxygen atoms in total. The van der Waals surface area contributed by atoms with Crippen molar-refractivity contribution in [3.8, 4) is 11.5 Å². The maximum absolute atomic E-state index is 13.9. The van der Waals surface area contributed by atoms with Crippen LogP contribution < -0.4 is 5.32 Å². The molecule has 0 saturated carbocycles. The number of rotatable bonds is 5. The minimum atomic E-state index is -0.520. The van der Waals surface area contributed by atoms with Gasteiger partial charge in [0.25, 0.3) is 5.91 Å². The predicted octanol–water partition coefficient (Wildman–Crippen LogP) is 4.50. The van der Waals surface area contributed by atoms with Crippen LogP contribution in [0.15, 0.2) is 59.2 Å². The molecule has 0 aliphatic carbocycles. The van der Waals surface area contributed by atoms with E-state index in [0.29, 0.717) is 12.4 Å². The van der Waals surface area contributed by atoms with Crippen LogP contribution in [-0.2, 0) is 5.41 Å². The number of hydrogen-bond acceptors (Lipinski definition) is 3. The monoisotopic (exact) mass is 352 g/mol. The quantitative estimate of drug-likeness (QED) is 0.736. The maximum atomic E-state index is 13.9. The molecular weight excluding hydrogens is 331 g/mol. The lowest BCUT2D eigenvalue weighted by molar-refractivity contribution is 0.0941. The zero-order valence-electron chi connectivity index (χ0n) is 15.0. The zero-order valence-corrected chi connectivity index (χ0v) is 15.0. The highest BCUT2D eigenvalue weighted by atomic mass is 19.1. The van der Waals surface area contributed by atoms with Crippen LogP contribution >= 0.6 is 0 Å². The van der Waals surface area contributed by atoms with E-state index in [-0.39, 0.29) is 5.56 Å². The van der Waals surface area contributed by atoms with E-state index in [4.69, 9.17) is 4.42 Å². The van der Waals surface area contributed by atoms with Gasteiger partial charge in [0, 0.05) is 17.5 Å². The van der Waals surface area contributed by atoms with Crippen molar-refractivity contribution in [1.82, 2.24) is 10.3 Å². The first-order valence-electron chi connectivity index (χ1n) is 8.42. The third kappa shape index (κ3) is 3.82. The first-order valence-corrected chi connectivity index (χ1v) is 8.42. The van der Waals surface area contributed by atoms with E-state index in [9.17, 15) is 9.18 Å². The first-order chi connectivity index (χ1) is 12.4. The fourth-order valence-corrected chi connectivity index (χ4v) is 2.59. The summed E-state index contributed by atoms with van der Waals surface area (Å²) in [5.41, 5.74) is 1.96. The van der Waals surface area contributed by atoms with Crippen LogP contribution in [0, 0.1) is 12.7 Å². The number of halogens is 1. The van der Waals surface area contributed by atoms with Gasteiger partial charge in [-0.1, -0.05) is 38.1 Å². The Bertz CT molecular complexity index is 917. The SMILES string of the molecule is Cc1ccc(C(=O)NCC(C)(C)c2coc(-c3ccccc3)n2)c(F)c1. The highest BCUT2D eigenvalue weighted by Gasteiger charge is 2.26. The normalized spacial score (nSPS) is 11.4. The molecule has 0 aliphatic rings. The molecule has 0 radical (unpaired) electrons. The summed E-state index contributed by atoms with van der Waals surface area (Å²) in [7, 11) is 0. The minimum absolute atomic E-state index is 0.0385. The summed E-state index contributed by atoms with van der Waals surface area (Å²) in [4.78, 5) is 16.8. The Kier molecular flexibility index (Phi) is 4.89. The molecule has 0 unspecified atom stereocenters. The zero-order chi connectivity index (χ0) is 18.7. The van der Waals surface area contributed by atoms with Crippen molar-refractivity contribution in [2.45, 2.75) is 26.2 Å². The lowest BCUT2D eigenvalue weighted by Gasteiger charge is -2.22. The van der Waals surface area contributed by atoms with E-state index in [0.717, 1.165) is 16.8 Å². The summed E-state index contributed by atoms with van der Waals surface area (Å²) in [6, 6.07) is 14.2. The van der Waals surface area contributed by atoms with Gasteiger partial charge in [-0.25, -0.2) is 9.37 Å². The number of aryl methyl sites for hydroxylation is 1. The summed E-state index contributed by atoms with van der Waals surface area (Å²) in [6.45, 7) is 5.99. The van der Waals surface area contributed by atoms with Crippen molar-refractivity contribution in [3.63, 3.8) is 0 Å². The van der Waals surface area contributed by atoms with Crippen LogP contribution in [0.4, 0.5) is 4.39 Å². The van der Waals surface area contributed by atoms with Gasteiger partial charge in [0.2, 0.25) is 5.89 Å². The molecule has 2 aromatic carbocycles. The molecule has 0 aliphatic heterocycles. The molecule has 0 spiro atoms. The van der Waals surface area contributed by atoms with Crippen molar-refractivity contribution in [2.24, 2.45) is 0 Å². The second-order valence-electron chi connectivity index (χ2n) is 6.95. The van der Waals surface area contributed by atoms with Crippen molar-refractivity contribution >= 4 is 5.91 Å². The molecule has 5 heteroatoms. The predicted molar refractivity (Wildman–Crippen MR) is 98.4 cm³/mol. The smallest absolute Gasteiger partial charge is 0.254 e. The Morgan fingerprint density at radius 2 is 1.92 bits per heavy atom. The van der Waals surface area contributed by atoms with Gasteiger partial charge in [-0.15, -0.1) is 0 Å². The van der Waals surface area contributed by atoms with Gasteiger partial charge in [-0.3, -0.25) is 4.79 Å². The van der Waals surface area contributed by atoms with Crippen molar-refractivity contribution in [1.29, 1.82) is 0 Å². The third-order valence-corrected chi connectivity index (χ3v) is 4.28. The van der Waals surface area contributed by atoms with Crippen LogP contribution in [0.2, 0.25) is 0 Å². The van der Waals surface area contributed by atoms with Crippen molar-refractivity contribution in [2.75, 3.05) is 6.54 Å². The van der Waals surface area contributed by atoms with Gasteiger partial charge < -0.3 is 9.73 Å². The Balaban J connectivity index is 1.71. The summed E-state index contributed by atoms with van der Waals surface area (Å²) in [5, 5.41) is 2.79. The second kappa shape index (κ2) is 7.12. The average molecular weight is 352 g/mol. The van der Waals surface area contributed by atoms with Crippen molar-refractivity contribution < 1.29 is 13.6 Å². The molecule has 3 aromatic rings. The molecule has 26 heavy (non-hydrogen) atoms. The Hall–Kier alpha value is -2.95. The van der Waals surface area contributed by atoms with Crippen LogP contribution in [0.1, 0.15) is 35.5 Å². The topological polar surface area (TPSA) is 55.1 Å². The number of carbonyl (C=O) groups is 1. The summed E-state index contributed by atoms with van der Waals surface area (Å²) >= 11 is 0. The van der Waals surface area contributed by atoms with E-state index in [1.165, 1.54) is 12.1 Å². The van der Waals surface area contributed by atoms with Gasteiger partial charge in [-0.05, 0) is 36.8 Å². The number of nitrogens with zero attached hydrogens (tertiary/aromatic N) is 1. The van der Waals surface area contributed by atoms with E-state index in [1.807, 2.05) is 44.2 Å². The fourth-order valence-electron chi connectivity index (χ4n) is 2.59. The molecule has 1 heterocycles. The average Bonchev–Trinajstić information content (AvgIpc) is 3.12. The Morgan fingerprint density at radius 1 is 1.19 bits per heavy atom. The molecule has 0 saturated heterocycles. The summed E-state index contributed by atoms with van der Waals surface area (Å²) in [6.07, 6.45) is 1.60. The summed E-state index contributed by atoms with van der Waals surface area (Å²) < 4.78 is 19.5. The number of nitrogens with one attached hydrogen (secondary N) is 1. The molecule has 0 bridgehead atoms. The number of benzene rings is 2. The Morgan fingerprint density at radius 3 is 2.62 bits per heavy atom. The lowest BCUT2D eigenvalue weighted by Crippen LogP contribution is -2.37. The third-order valence-electron chi connectivity index (χ3n) is 4.28. The fraction of sp³-hybridized carbons (Fsp3) is 0.238. The van der Waals surface area contributed by atoms with E-state index in [1.54, 1.807) is 19.3 Å². The molecule has 134 valence electrons. The number of oxazole rings is 1. The molecule has 3 rings (SSSR count). The van der Waals surface area contributed by atoms with Crippen LogP contribution in [0.25, 0.3) is 11.5 Å². The van der Waals surface area contributed by atoms with Gasteiger partial charge in [-0.2, -0.15) is 0 Å². The number of aromatic nitrogens is 1. The van der Waals surface area contributed by atoms with E-state index in [2.05, 4.69) is 10.3 Å². The largest absolute Gasteiger partial charge is 0.444 e. The standard InChI is InChI=1S/C21H21FN2O2/c1-14-9-10-16(17(22)11-14)19(25)23-13-21(2,3)18-12-26-20(24-18)15-7-5-4-6-8-15/h4-12H,13H2,1-3H3,(H,23,25). The highest BCUT2D eigenvalue weighted by molar-refractivity contribution is 5.94. The van der Waals surface area contributed by atoms with Gasteiger partial charge in [0.1, 0.15) is 12.1 Å². The first kappa shape index (κ1) is 17.9. The van der Waals surface area contributed by atoms with E-state index < -0.39 is 17.1 Å². The molecular formula is C21H21FN2O2. The molecule has 1 amide bonds. The number of carbonyl (C=O) groups excluding carboxylic acids is 1. The van der Waals surface area contributed by atoms with Gasteiger partial charge >= 0.3 is 0 Å². The van der Waals surface area contributed by atoms with Gasteiger partial charge in [0.15, 0.2) is 0 Å². The number of amides is 1. The highest BCUT2D eigenvalue weighted by Crippen LogP contribution is 2.26.